The van der Waals surface area contributed by atoms with Gasteiger partial charge in [-0.3, -0.25) is 4.79 Å². The molecule has 1 saturated heterocycles. The number of aryl methyl sites for hydroxylation is 1. The topological polar surface area (TPSA) is 59.0 Å². The van der Waals surface area contributed by atoms with E-state index in [1.165, 1.54) is 0 Å². The predicted molar refractivity (Wildman–Crippen MR) is 94.9 cm³/mol. The molecule has 5 nitrogen and oxygen atoms in total. The highest BCUT2D eigenvalue weighted by atomic mass is 35.5. The van der Waals surface area contributed by atoms with Crippen LogP contribution >= 0.6 is 11.6 Å². The number of imidazole rings is 1. The van der Waals surface area contributed by atoms with E-state index < -0.39 is 0 Å². The molecule has 3 rings (SSSR count). The average Bonchev–Trinajstić information content (AvgIpc) is 3.23. The summed E-state index contributed by atoms with van der Waals surface area (Å²) in [5.74, 6) is 1.48. The maximum Gasteiger partial charge on any atom is 0.220 e. The minimum absolute atomic E-state index is 0.0600. The largest absolute Gasteiger partial charge is 0.342 e. The van der Waals surface area contributed by atoms with Gasteiger partial charge < -0.3 is 15.2 Å². The summed E-state index contributed by atoms with van der Waals surface area (Å²) in [6, 6.07) is 7.27. The lowest BCUT2D eigenvalue weighted by atomic mass is 10.0. The molecule has 2 heterocycles. The number of nitrogens with zero attached hydrogens (tertiary/aromatic N) is 2. The molecule has 2 aromatic rings. The van der Waals surface area contributed by atoms with Crippen LogP contribution in [0, 0.1) is 5.92 Å². The molecule has 0 spiro atoms. The van der Waals surface area contributed by atoms with Crippen molar-refractivity contribution in [2.24, 2.45) is 13.0 Å². The molecule has 2 unspecified atom stereocenters. The Labute approximate surface area is 147 Å². The first-order valence-electron chi connectivity index (χ1n) is 8.36. The van der Waals surface area contributed by atoms with Gasteiger partial charge in [-0.2, -0.15) is 0 Å². The second-order valence-corrected chi connectivity index (χ2v) is 6.78. The van der Waals surface area contributed by atoms with Gasteiger partial charge in [0.15, 0.2) is 0 Å². The number of amides is 1. The smallest absolute Gasteiger partial charge is 0.220 e. The summed E-state index contributed by atoms with van der Waals surface area (Å²) in [7, 11) is 1.93. The summed E-state index contributed by atoms with van der Waals surface area (Å²) >= 11 is 5.99. The maximum atomic E-state index is 12.5. The molecule has 1 amide bonds. The van der Waals surface area contributed by atoms with Crippen molar-refractivity contribution >= 4 is 17.5 Å². The Kier molecular flexibility index (Phi) is 5.53. The minimum Gasteiger partial charge on any atom is -0.342 e. The van der Waals surface area contributed by atoms with E-state index in [0.717, 1.165) is 37.3 Å². The average molecular weight is 347 g/mol. The Morgan fingerprint density at radius 2 is 2.25 bits per heavy atom. The van der Waals surface area contributed by atoms with Gasteiger partial charge in [0.1, 0.15) is 11.9 Å². The molecule has 128 valence electrons. The SMILES string of the molecule is Cn1ccnc1C(NC(=O)CCC1CCNC1)c1ccc(Cl)cc1. The number of hydrogen-bond acceptors (Lipinski definition) is 3. The van der Waals surface area contributed by atoms with Gasteiger partial charge in [0, 0.05) is 30.9 Å². The number of aromatic nitrogens is 2. The first-order chi connectivity index (χ1) is 11.6. The van der Waals surface area contributed by atoms with Crippen molar-refractivity contribution in [3.8, 4) is 0 Å². The molecule has 1 aliphatic rings. The molecule has 1 aromatic carbocycles. The zero-order chi connectivity index (χ0) is 16.9. The third kappa shape index (κ3) is 4.16. The Hall–Kier alpha value is -1.85. The number of nitrogens with one attached hydrogen (secondary N) is 2. The Morgan fingerprint density at radius 1 is 1.46 bits per heavy atom. The van der Waals surface area contributed by atoms with Crippen LogP contribution in [0.25, 0.3) is 0 Å². The number of benzene rings is 1. The van der Waals surface area contributed by atoms with Gasteiger partial charge in [0.25, 0.3) is 0 Å². The van der Waals surface area contributed by atoms with Crippen LogP contribution in [0.4, 0.5) is 0 Å². The van der Waals surface area contributed by atoms with Crippen molar-refractivity contribution in [2.75, 3.05) is 13.1 Å². The van der Waals surface area contributed by atoms with Crippen LogP contribution in [-0.4, -0.2) is 28.5 Å². The zero-order valence-corrected chi connectivity index (χ0v) is 14.6. The maximum absolute atomic E-state index is 12.5. The minimum atomic E-state index is -0.267. The van der Waals surface area contributed by atoms with Crippen molar-refractivity contribution in [3.63, 3.8) is 0 Å². The van der Waals surface area contributed by atoms with Gasteiger partial charge in [-0.15, -0.1) is 0 Å². The lowest BCUT2D eigenvalue weighted by molar-refractivity contribution is -0.121. The van der Waals surface area contributed by atoms with Crippen LogP contribution in [0.1, 0.15) is 36.7 Å². The third-order valence-electron chi connectivity index (χ3n) is 4.57. The molecule has 0 aliphatic carbocycles. The molecule has 24 heavy (non-hydrogen) atoms. The van der Waals surface area contributed by atoms with E-state index in [1.54, 1.807) is 6.20 Å². The Bertz CT molecular complexity index is 677. The number of rotatable bonds is 6. The molecule has 0 saturated carbocycles. The molecule has 0 radical (unpaired) electrons. The molecule has 1 fully saturated rings. The fourth-order valence-electron chi connectivity index (χ4n) is 3.14. The van der Waals surface area contributed by atoms with Gasteiger partial charge in [-0.1, -0.05) is 23.7 Å². The number of carbonyl (C=O) groups is 1. The molecular formula is C18H23ClN4O. The highest BCUT2D eigenvalue weighted by Crippen LogP contribution is 2.23. The number of halogens is 1. The van der Waals surface area contributed by atoms with E-state index in [1.807, 2.05) is 42.1 Å². The van der Waals surface area contributed by atoms with Gasteiger partial charge in [-0.25, -0.2) is 4.98 Å². The van der Waals surface area contributed by atoms with Crippen LogP contribution in [0.2, 0.25) is 5.02 Å². The summed E-state index contributed by atoms with van der Waals surface area (Å²) < 4.78 is 1.93. The molecular weight excluding hydrogens is 324 g/mol. The lowest BCUT2D eigenvalue weighted by Gasteiger charge is -2.20. The number of hydrogen-bond donors (Lipinski definition) is 2. The Balaban J connectivity index is 1.71. The zero-order valence-electron chi connectivity index (χ0n) is 13.8. The van der Waals surface area contributed by atoms with Crippen molar-refractivity contribution in [1.82, 2.24) is 20.2 Å². The molecule has 2 N–H and O–H groups in total. The fraction of sp³-hybridized carbons (Fsp3) is 0.444. The Morgan fingerprint density at radius 3 is 2.88 bits per heavy atom. The first kappa shape index (κ1) is 17.0. The van der Waals surface area contributed by atoms with Crippen LogP contribution in [0.15, 0.2) is 36.7 Å². The van der Waals surface area contributed by atoms with E-state index in [2.05, 4.69) is 15.6 Å². The molecule has 2 atom stereocenters. The summed E-state index contributed by atoms with van der Waals surface area (Å²) in [5, 5.41) is 7.15. The summed E-state index contributed by atoms with van der Waals surface area (Å²) in [6.45, 7) is 2.08. The summed E-state index contributed by atoms with van der Waals surface area (Å²) in [6.07, 6.45) is 6.25. The van der Waals surface area contributed by atoms with Gasteiger partial charge >= 0.3 is 0 Å². The van der Waals surface area contributed by atoms with Crippen molar-refractivity contribution < 1.29 is 4.79 Å². The first-order valence-corrected chi connectivity index (χ1v) is 8.74. The van der Waals surface area contributed by atoms with E-state index in [0.29, 0.717) is 17.4 Å². The van der Waals surface area contributed by atoms with E-state index >= 15 is 0 Å². The van der Waals surface area contributed by atoms with Crippen LogP contribution < -0.4 is 10.6 Å². The van der Waals surface area contributed by atoms with Gasteiger partial charge in [-0.05, 0) is 49.5 Å². The van der Waals surface area contributed by atoms with Crippen LogP contribution in [-0.2, 0) is 11.8 Å². The van der Waals surface area contributed by atoms with E-state index in [-0.39, 0.29) is 11.9 Å². The monoisotopic (exact) mass is 346 g/mol. The summed E-state index contributed by atoms with van der Waals surface area (Å²) in [5.41, 5.74) is 0.976. The second kappa shape index (κ2) is 7.81. The van der Waals surface area contributed by atoms with Crippen molar-refractivity contribution in [2.45, 2.75) is 25.3 Å². The highest BCUT2D eigenvalue weighted by molar-refractivity contribution is 6.30. The van der Waals surface area contributed by atoms with Crippen LogP contribution in [0.5, 0.6) is 0 Å². The number of carbonyl (C=O) groups excluding carboxylic acids is 1. The molecule has 1 aromatic heterocycles. The summed E-state index contributed by atoms with van der Waals surface area (Å²) in [4.78, 5) is 16.9. The molecule has 0 bridgehead atoms. The standard InChI is InChI=1S/C18H23ClN4O/c1-23-11-10-21-18(23)17(14-3-5-15(19)6-4-14)22-16(24)7-2-13-8-9-20-12-13/h3-6,10-11,13,17,20H,2,7-9,12H2,1H3,(H,22,24). The fourth-order valence-corrected chi connectivity index (χ4v) is 3.26. The van der Waals surface area contributed by atoms with Gasteiger partial charge in [0.05, 0.1) is 0 Å². The lowest BCUT2D eigenvalue weighted by Crippen LogP contribution is -2.31. The van der Waals surface area contributed by atoms with Crippen molar-refractivity contribution in [3.05, 3.63) is 53.1 Å². The van der Waals surface area contributed by atoms with E-state index in [4.69, 9.17) is 11.6 Å². The van der Waals surface area contributed by atoms with Gasteiger partial charge in [0.2, 0.25) is 5.91 Å². The molecule has 6 heteroatoms. The second-order valence-electron chi connectivity index (χ2n) is 6.35. The predicted octanol–water partition coefficient (Wildman–Crippen LogP) is 2.67. The molecule has 1 aliphatic heterocycles. The highest BCUT2D eigenvalue weighted by Gasteiger charge is 2.22. The van der Waals surface area contributed by atoms with E-state index in [9.17, 15) is 4.79 Å². The third-order valence-corrected chi connectivity index (χ3v) is 4.82. The normalized spacial score (nSPS) is 18.5. The van der Waals surface area contributed by atoms with Crippen LogP contribution in [0.3, 0.4) is 0 Å². The quantitative estimate of drug-likeness (QED) is 0.845. The van der Waals surface area contributed by atoms with Crippen molar-refractivity contribution in [1.29, 1.82) is 0 Å².